The van der Waals surface area contributed by atoms with Crippen molar-refractivity contribution in [1.29, 1.82) is 0 Å². The smallest absolute Gasteiger partial charge is 0.308 e. The van der Waals surface area contributed by atoms with Gasteiger partial charge in [-0.3, -0.25) is 4.79 Å². The molecule has 1 aromatic rings. The van der Waals surface area contributed by atoms with Crippen LogP contribution >= 0.6 is 11.6 Å². The molecule has 0 aliphatic heterocycles. The van der Waals surface area contributed by atoms with Crippen molar-refractivity contribution in [2.45, 2.75) is 32.2 Å². The molecule has 6 heteroatoms. The zero-order valence-corrected chi connectivity index (χ0v) is 11.2. The van der Waals surface area contributed by atoms with Crippen molar-refractivity contribution in [3.05, 3.63) is 17.0 Å². The molecule has 1 aliphatic carbocycles. The van der Waals surface area contributed by atoms with Gasteiger partial charge in [0, 0.05) is 12.1 Å². The van der Waals surface area contributed by atoms with Crippen LogP contribution in [0.1, 0.15) is 25.1 Å². The average Bonchev–Trinajstić information content (AvgIpc) is 2.75. The highest BCUT2D eigenvalue weighted by molar-refractivity contribution is 6.29. The first-order valence-electron chi connectivity index (χ1n) is 5.94. The van der Waals surface area contributed by atoms with Gasteiger partial charge < -0.3 is 10.1 Å². The summed E-state index contributed by atoms with van der Waals surface area (Å²) in [5.41, 5.74) is 0. The van der Waals surface area contributed by atoms with Crippen LogP contribution in [0, 0.1) is 12.8 Å². The Morgan fingerprint density at radius 1 is 1.50 bits per heavy atom. The van der Waals surface area contributed by atoms with Crippen LogP contribution < -0.4 is 5.32 Å². The molecule has 1 saturated carbocycles. The second-order valence-corrected chi connectivity index (χ2v) is 4.88. The van der Waals surface area contributed by atoms with Crippen LogP contribution in [0.15, 0.2) is 6.07 Å². The summed E-state index contributed by atoms with van der Waals surface area (Å²) in [6.45, 7) is 1.79. The number of hydrogen-bond donors (Lipinski definition) is 1. The van der Waals surface area contributed by atoms with Gasteiger partial charge in [-0.2, -0.15) is 0 Å². The first-order valence-corrected chi connectivity index (χ1v) is 6.32. The molecule has 2 atom stereocenters. The van der Waals surface area contributed by atoms with E-state index < -0.39 is 0 Å². The van der Waals surface area contributed by atoms with E-state index in [4.69, 9.17) is 16.3 Å². The van der Waals surface area contributed by atoms with E-state index in [2.05, 4.69) is 15.3 Å². The van der Waals surface area contributed by atoms with Crippen molar-refractivity contribution in [2.24, 2.45) is 5.92 Å². The standard InChI is InChI=1S/C12H16ClN3O2/c1-7-14-10(13)6-11(15-7)16-9-4-3-8(5-9)12(17)18-2/h6,8-9H,3-5H2,1-2H3,(H,14,15,16)/t8-,9+/m0/s1. The predicted octanol–water partition coefficient (Wildman–Crippen LogP) is 2.19. The van der Waals surface area contributed by atoms with Crippen molar-refractivity contribution >= 4 is 23.4 Å². The van der Waals surface area contributed by atoms with E-state index in [0.29, 0.717) is 16.8 Å². The maximum absolute atomic E-state index is 11.4. The van der Waals surface area contributed by atoms with Crippen LogP contribution in [0.4, 0.5) is 5.82 Å². The molecule has 0 radical (unpaired) electrons. The van der Waals surface area contributed by atoms with E-state index in [0.717, 1.165) is 19.3 Å². The molecule has 0 bridgehead atoms. The lowest BCUT2D eigenvalue weighted by molar-refractivity contribution is -0.145. The fourth-order valence-electron chi connectivity index (χ4n) is 2.31. The summed E-state index contributed by atoms with van der Waals surface area (Å²) < 4.78 is 4.76. The summed E-state index contributed by atoms with van der Waals surface area (Å²) in [4.78, 5) is 19.7. The Morgan fingerprint density at radius 3 is 2.94 bits per heavy atom. The monoisotopic (exact) mass is 269 g/mol. The number of rotatable bonds is 3. The number of carbonyl (C=O) groups is 1. The maximum Gasteiger partial charge on any atom is 0.308 e. The fourth-order valence-corrected chi connectivity index (χ4v) is 2.53. The maximum atomic E-state index is 11.4. The molecule has 1 heterocycles. The molecule has 1 aromatic heterocycles. The molecule has 1 aliphatic rings. The van der Waals surface area contributed by atoms with E-state index in [-0.39, 0.29) is 17.9 Å². The zero-order chi connectivity index (χ0) is 13.1. The van der Waals surface area contributed by atoms with Crippen LogP contribution in [-0.4, -0.2) is 29.1 Å². The molecule has 1 N–H and O–H groups in total. The molecule has 5 nitrogen and oxygen atoms in total. The second-order valence-electron chi connectivity index (χ2n) is 4.50. The van der Waals surface area contributed by atoms with E-state index in [1.165, 1.54) is 7.11 Å². The minimum atomic E-state index is -0.129. The Labute approximate surface area is 111 Å². The first-order chi connectivity index (χ1) is 8.58. The lowest BCUT2D eigenvalue weighted by Crippen LogP contribution is -2.19. The van der Waals surface area contributed by atoms with Gasteiger partial charge in [-0.05, 0) is 26.2 Å². The van der Waals surface area contributed by atoms with Crippen LogP contribution in [0.3, 0.4) is 0 Å². The predicted molar refractivity (Wildman–Crippen MR) is 68.5 cm³/mol. The molecule has 18 heavy (non-hydrogen) atoms. The number of halogens is 1. The topological polar surface area (TPSA) is 64.1 Å². The van der Waals surface area contributed by atoms with E-state index in [1.54, 1.807) is 13.0 Å². The van der Waals surface area contributed by atoms with Crippen LogP contribution in [-0.2, 0) is 9.53 Å². The number of nitrogens with zero attached hydrogens (tertiary/aromatic N) is 2. The lowest BCUT2D eigenvalue weighted by atomic mass is 10.1. The molecule has 0 spiro atoms. The Balaban J connectivity index is 1.97. The summed E-state index contributed by atoms with van der Waals surface area (Å²) in [5.74, 6) is 1.21. The summed E-state index contributed by atoms with van der Waals surface area (Å²) >= 11 is 5.87. The third-order valence-electron chi connectivity index (χ3n) is 3.13. The van der Waals surface area contributed by atoms with E-state index in [9.17, 15) is 4.79 Å². The van der Waals surface area contributed by atoms with Gasteiger partial charge in [-0.15, -0.1) is 0 Å². The van der Waals surface area contributed by atoms with Crippen LogP contribution in [0.25, 0.3) is 0 Å². The molecule has 2 rings (SSSR count). The highest BCUT2D eigenvalue weighted by Gasteiger charge is 2.30. The Morgan fingerprint density at radius 2 is 2.28 bits per heavy atom. The third-order valence-corrected chi connectivity index (χ3v) is 3.32. The molecule has 0 aromatic carbocycles. The van der Waals surface area contributed by atoms with Crippen molar-refractivity contribution in [3.63, 3.8) is 0 Å². The fraction of sp³-hybridized carbons (Fsp3) is 0.583. The Bertz CT molecular complexity index is 433. The van der Waals surface area contributed by atoms with Gasteiger partial charge in [0.05, 0.1) is 13.0 Å². The quantitative estimate of drug-likeness (QED) is 0.673. The number of aromatic nitrogens is 2. The molecule has 0 saturated heterocycles. The third kappa shape index (κ3) is 3.10. The lowest BCUT2D eigenvalue weighted by Gasteiger charge is -2.13. The summed E-state index contributed by atoms with van der Waals surface area (Å²) in [6.07, 6.45) is 2.55. The van der Waals surface area contributed by atoms with Crippen molar-refractivity contribution in [1.82, 2.24) is 9.97 Å². The number of nitrogens with one attached hydrogen (secondary N) is 1. The van der Waals surface area contributed by atoms with Gasteiger partial charge in [0.25, 0.3) is 0 Å². The van der Waals surface area contributed by atoms with Crippen molar-refractivity contribution < 1.29 is 9.53 Å². The van der Waals surface area contributed by atoms with Crippen LogP contribution in [0.2, 0.25) is 5.15 Å². The molecule has 1 fully saturated rings. The Hall–Kier alpha value is -1.36. The average molecular weight is 270 g/mol. The van der Waals surface area contributed by atoms with Crippen molar-refractivity contribution in [2.75, 3.05) is 12.4 Å². The number of ether oxygens (including phenoxy) is 1. The number of anilines is 1. The summed E-state index contributed by atoms with van der Waals surface area (Å²) in [5, 5.41) is 3.71. The summed E-state index contributed by atoms with van der Waals surface area (Å²) in [7, 11) is 1.43. The molecule has 98 valence electrons. The minimum Gasteiger partial charge on any atom is -0.469 e. The van der Waals surface area contributed by atoms with E-state index in [1.807, 2.05) is 0 Å². The van der Waals surface area contributed by atoms with Gasteiger partial charge in [0.1, 0.15) is 16.8 Å². The van der Waals surface area contributed by atoms with Crippen LogP contribution in [0.5, 0.6) is 0 Å². The van der Waals surface area contributed by atoms with Gasteiger partial charge in [-0.1, -0.05) is 11.6 Å². The highest BCUT2D eigenvalue weighted by atomic mass is 35.5. The molecular weight excluding hydrogens is 254 g/mol. The molecular formula is C12H16ClN3O2. The number of esters is 1. The zero-order valence-electron chi connectivity index (χ0n) is 10.4. The Kier molecular flexibility index (Phi) is 4.01. The van der Waals surface area contributed by atoms with E-state index >= 15 is 0 Å². The number of aryl methyl sites for hydroxylation is 1. The number of carbonyl (C=O) groups excluding carboxylic acids is 1. The van der Waals surface area contributed by atoms with Gasteiger partial charge in [0.2, 0.25) is 0 Å². The van der Waals surface area contributed by atoms with Crippen molar-refractivity contribution in [3.8, 4) is 0 Å². The number of hydrogen-bond acceptors (Lipinski definition) is 5. The van der Waals surface area contributed by atoms with Gasteiger partial charge >= 0.3 is 5.97 Å². The first kappa shape index (κ1) is 13.1. The molecule has 0 amide bonds. The second kappa shape index (κ2) is 5.52. The van der Waals surface area contributed by atoms with Gasteiger partial charge in [-0.25, -0.2) is 9.97 Å². The number of methoxy groups -OCH3 is 1. The SMILES string of the molecule is COC(=O)[C@H]1CC[C@@H](Nc2cc(Cl)nc(C)n2)C1. The largest absolute Gasteiger partial charge is 0.469 e. The van der Waals surface area contributed by atoms with Gasteiger partial charge in [0.15, 0.2) is 0 Å². The normalized spacial score (nSPS) is 22.8. The summed E-state index contributed by atoms with van der Waals surface area (Å²) in [6, 6.07) is 1.93. The highest BCUT2D eigenvalue weighted by Crippen LogP contribution is 2.28. The molecule has 0 unspecified atom stereocenters. The minimum absolute atomic E-state index is 0.00842.